The number of β-amino-alcohol motifs (C(OH)–C–C–N with tert-alkyl or cyclic N) is 1. The fourth-order valence-corrected chi connectivity index (χ4v) is 4.49. The molecule has 9 nitrogen and oxygen atoms in total. The molecule has 5 rings (SSSR count). The number of nitrogen functional groups attached to an aromatic ring is 1. The minimum absolute atomic E-state index is 0.00648. The van der Waals surface area contributed by atoms with Crippen molar-refractivity contribution in [2.75, 3.05) is 12.3 Å². The summed E-state index contributed by atoms with van der Waals surface area (Å²) in [5, 5.41) is 16.3. The number of aromatic amines is 1. The molecule has 0 unspecified atom stereocenters. The molecular formula is C23H26N7O2+. The second-order valence-corrected chi connectivity index (χ2v) is 8.38. The molecule has 1 fully saturated rings. The Morgan fingerprint density at radius 3 is 2.53 bits per heavy atom. The van der Waals surface area contributed by atoms with E-state index in [1.165, 1.54) is 9.08 Å². The van der Waals surface area contributed by atoms with Crippen LogP contribution in [0.25, 0.3) is 28.0 Å². The molecule has 0 amide bonds. The van der Waals surface area contributed by atoms with E-state index in [1.807, 2.05) is 56.3 Å². The van der Waals surface area contributed by atoms with Gasteiger partial charge in [0, 0.05) is 29.5 Å². The number of nitrogens with one attached hydrogen (secondary N) is 2. The zero-order chi connectivity index (χ0) is 22.4. The number of rotatable bonds is 4. The van der Waals surface area contributed by atoms with Crippen LogP contribution >= 0.6 is 0 Å². The number of pyridine rings is 1. The summed E-state index contributed by atoms with van der Waals surface area (Å²) in [6.45, 7) is 4.80. The Bertz CT molecular complexity index is 1340. The predicted molar refractivity (Wildman–Crippen MR) is 121 cm³/mol. The van der Waals surface area contributed by atoms with Gasteiger partial charge >= 0.3 is 11.6 Å². The quantitative estimate of drug-likeness (QED) is 0.356. The van der Waals surface area contributed by atoms with Gasteiger partial charge in [0.15, 0.2) is 0 Å². The van der Waals surface area contributed by atoms with Crippen molar-refractivity contribution in [2.24, 2.45) is 0 Å². The number of fused-ring (bicyclic) bond motifs is 1. The number of nitrogens with zero attached hydrogens (tertiary/aromatic N) is 4. The van der Waals surface area contributed by atoms with Crippen LogP contribution in [0, 0.1) is 13.8 Å². The van der Waals surface area contributed by atoms with Crippen molar-refractivity contribution in [3.8, 4) is 22.4 Å². The van der Waals surface area contributed by atoms with Crippen LogP contribution in [0.1, 0.15) is 17.8 Å². The Hall–Kier alpha value is -3.56. The predicted octanol–water partition coefficient (Wildman–Crippen LogP) is 0.961. The highest BCUT2D eigenvalue weighted by molar-refractivity contribution is 5.88. The standard InChI is InChI=1S/C23H25N7O2/c1-13-8-16(9-14(2)26-13)19-20(15-6-4-3-5-7-15)27-22(24)30-21(19)28-29(23(30)32)12-17-10-18(31)11-25-17/h3-9,17-18,25,31H,10-12H2,1-2H3,(H2,24,26,27,28)/p+1/t17-,18-/m1/s1. The number of anilines is 1. The molecule has 1 aromatic carbocycles. The third kappa shape index (κ3) is 3.55. The van der Waals surface area contributed by atoms with E-state index >= 15 is 0 Å². The topological polar surface area (TPSA) is 126 Å². The van der Waals surface area contributed by atoms with E-state index in [0.29, 0.717) is 30.9 Å². The van der Waals surface area contributed by atoms with E-state index in [-0.39, 0.29) is 17.7 Å². The van der Waals surface area contributed by atoms with Crippen LogP contribution in [0.15, 0.2) is 47.3 Å². The van der Waals surface area contributed by atoms with Crippen LogP contribution in [-0.2, 0) is 6.54 Å². The smallest absolute Gasteiger partial charge is 0.392 e. The van der Waals surface area contributed by atoms with E-state index in [0.717, 1.165) is 28.1 Å². The zero-order valence-corrected chi connectivity index (χ0v) is 18.0. The lowest BCUT2D eigenvalue weighted by molar-refractivity contribution is -0.516. The molecule has 1 saturated heterocycles. The molecule has 32 heavy (non-hydrogen) atoms. The van der Waals surface area contributed by atoms with Crippen molar-refractivity contribution in [1.29, 1.82) is 0 Å². The monoisotopic (exact) mass is 432 g/mol. The maximum atomic E-state index is 13.3. The first-order chi connectivity index (χ1) is 15.4. The number of hydrogen-bond acceptors (Lipinski definition) is 6. The maximum Gasteiger partial charge on any atom is 0.428 e. The summed E-state index contributed by atoms with van der Waals surface area (Å²) in [6, 6.07) is 13.7. The molecule has 2 atom stereocenters. The highest BCUT2D eigenvalue weighted by atomic mass is 16.3. The average Bonchev–Trinajstić information content (AvgIpc) is 3.31. The first-order valence-corrected chi connectivity index (χ1v) is 10.7. The summed E-state index contributed by atoms with van der Waals surface area (Å²) >= 11 is 0. The molecular weight excluding hydrogens is 406 g/mol. The Kier molecular flexibility index (Phi) is 4.99. The Balaban J connectivity index is 1.78. The summed E-state index contributed by atoms with van der Waals surface area (Å²) in [5.41, 5.74) is 11.6. The second-order valence-electron chi connectivity index (χ2n) is 8.38. The Labute approximate surface area is 184 Å². The van der Waals surface area contributed by atoms with Crippen LogP contribution in [0.4, 0.5) is 5.95 Å². The minimum atomic E-state index is -0.400. The molecule has 0 saturated carbocycles. The van der Waals surface area contributed by atoms with Gasteiger partial charge in [-0.2, -0.15) is 4.68 Å². The lowest BCUT2D eigenvalue weighted by Crippen LogP contribution is -2.45. The van der Waals surface area contributed by atoms with Crippen LogP contribution in [0.5, 0.6) is 0 Å². The molecule has 164 valence electrons. The minimum Gasteiger partial charge on any atom is -0.392 e. The van der Waals surface area contributed by atoms with Crippen molar-refractivity contribution < 1.29 is 9.51 Å². The second kappa shape index (κ2) is 7.85. The third-order valence-corrected chi connectivity index (χ3v) is 5.83. The van der Waals surface area contributed by atoms with Crippen LogP contribution in [0.3, 0.4) is 0 Å². The zero-order valence-electron chi connectivity index (χ0n) is 18.0. The highest BCUT2D eigenvalue weighted by Crippen LogP contribution is 2.33. The molecule has 1 aliphatic heterocycles. The number of aliphatic hydroxyl groups is 1. The lowest BCUT2D eigenvalue weighted by atomic mass is 9.99. The number of aromatic nitrogens is 5. The lowest BCUT2D eigenvalue weighted by Gasteiger charge is -2.10. The Morgan fingerprint density at radius 2 is 1.88 bits per heavy atom. The average molecular weight is 433 g/mol. The summed E-state index contributed by atoms with van der Waals surface area (Å²) < 4.78 is 2.94. The maximum absolute atomic E-state index is 13.3. The molecule has 0 radical (unpaired) electrons. The van der Waals surface area contributed by atoms with Gasteiger partial charge in [0.05, 0.1) is 18.2 Å². The van der Waals surface area contributed by atoms with Gasteiger partial charge in [-0.3, -0.25) is 4.98 Å². The van der Waals surface area contributed by atoms with Crippen molar-refractivity contribution in [1.82, 2.24) is 25.1 Å². The van der Waals surface area contributed by atoms with Crippen molar-refractivity contribution in [3.05, 3.63) is 64.3 Å². The van der Waals surface area contributed by atoms with Crippen molar-refractivity contribution in [2.45, 2.75) is 39.0 Å². The largest absolute Gasteiger partial charge is 0.428 e. The number of benzene rings is 1. The van der Waals surface area contributed by atoms with Gasteiger partial charge in [-0.15, -0.1) is 9.38 Å². The van der Waals surface area contributed by atoms with Crippen LogP contribution in [-0.4, -0.2) is 43.5 Å². The summed E-state index contributed by atoms with van der Waals surface area (Å²) in [6.07, 6.45) is 0.188. The van der Waals surface area contributed by atoms with Gasteiger partial charge in [0.2, 0.25) is 5.65 Å². The van der Waals surface area contributed by atoms with Crippen LogP contribution in [0.2, 0.25) is 0 Å². The van der Waals surface area contributed by atoms with Crippen molar-refractivity contribution in [3.63, 3.8) is 0 Å². The fourth-order valence-electron chi connectivity index (χ4n) is 4.49. The van der Waals surface area contributed by atoms with Gasteiger partial charge in [0.25, 0.3) is 0 Å². The van der Waals surface area contributed by atoms with Gasteiger partial charge in [0.1, 0.15) is 5.69 Å². The third-order valence-electron chi connectivity index (χ3n) is 5.83. The number of hydrogen-bond donors (Lipinski definition) is 4. The molecule has 4 heterocycles. The number of H-pyrrole nitrogens is 1. The summed E-state index contributed by atoms with van der Waals surface area (Å²) in [4.78, 5) is 22.4. The van der Waals surface area contributed by atoms with Gasteiger partial charge < -0.3 is 16.2 Å². The summed E-state index contributed by atoms with van der Waals surface area (Å²) in [7, 11) is 0. The number of aryl methyl sites for hydroxylation is 2. The fraction of sp³-hybridized carbons (Fsp3) is 0.304. The van der Waals surface area contributed by atoms with Crippen LogP contribution < -0.4 is 21.1 Å². The molecule has 0 spiro atoms. The number of aliphatic hydroxyl groups excluding tert-OH is 1. The van der Waals surface area contributed by atoms with E-state index in [9.17, 15) is 9.90 Å². The van der Waals surface area contributed by atoms with E-state index < -0.39 is 6.10 Å². The highest BCUT2D eigenvalue weighted by Gasteiger charge is 2.29. The van der Waals surface area contributed by atoms with Gasteiger partial charge in [-0.05, 0) is 38.0 Å². The molecule has 4 aromatic rings. The van der Waals surface area contributed by atoms with E-state index in [2.05, 4.69) is 20.4 Å². The molecule has 1 aliphatic rings. The molecule has 3 aromatic heterocycles. The van der Waals surface area contributed by atoms with Gasteiger partial charge in [-0.1, -0.05) is 30.3 Å². The normalized spacial score (nSPS) is 18.5. The Morgan fingerprint density at radius 1 is 1.16 bits per heavy atom. The first kappa shape index (κ1) is 20.3. The SMILES string of the molecule is Cc1cc(-c2c(-c3ccccc3)nc(N)[n+]3c(=O)n(C[C@H]4C[C@@H](O)CN4)[nH]c23)cc(C)n1. The van der Waals surface area contributed by atoms with Gasteiger partial charge in [-0.25, -0.2) is 9.89 Å². The number of nitrogens with two attached hydrogens (primary N) is 1. The molecule has 0 aliphatic carbocycles. The molecule has 5 N–H and O–H groups in total. The van der Waals surface area contributed by atoms with E-state index in [4.69, 9.17) is 5.73 Å². The first-order valence-electron chi connectivity index (χ1n) is 10.7. The van der Waals surface area contributed by atoms with Crippen molar-refractivity contribution >= 4 is 11.6 Å². The molecule has 9 heteroatoms. The van der Waals surface area contributed by atoms with E-state index in [1.54, 1.807) is 0 Å². The molecule has 0 bridgehead atoms. The summed E-state index contributed by atoms with van der Waals surface area (Å²) in [5.74, 6) is 0.115.